The second kappa shape index (κ2) is 14.4. The summed E-state index contributed by atoms with van der Waals surface area (Å²) in [4.78, 5) is 32.8. The van der Waals surface area contributed by atoms with E-state index in [1.54, 1.807) is 0 Å². The minimum absolute atomic E-state index is 0. The summed E-state index contributed by atoms with van der Waals surface area (Å²) < 4.78 is 8.19. The quantitative estimate of drug-likeness (QED) is 0.190. The van der Waals surface area contributed by atoms with Crippen molar-refractivity contribution in [1.29, 1.82) is 0 Å². The van der Waals surface area contributed by atoms with Crippen LogP contribution in [0.15, 0.2) is 0 Å². The molecule has 96 valence electrons. The number of carbonyl (C=O) groups excluding carboxylic acids is 3. The Morgan fingerprint density at radius 2 is 1.17 bits per heavy atom. The molecule has 0 aliphatic rings. The molecule has 0 aliphatic carbocycles. The fraction of sp³-hybridized carbons (Fsp3) is 0.571. The number of hydrogen-bond acceptors (Lipinski definition) is 9. The Kier molecular flexibility index (Phi) is 20.4. The molecule has 0 saturated carbocycles. The van der Waals surface area contributed by atoms with Crippen molar-refractivity contribution in [3.05, 3.63) is 0 Å². The normalized spacial score (nSPS) is 12.2. The van der Waals surface area contributed by atoms with Crippen molar-refractivity contribution in [3.63, 3.8) is 0 Å². The standard InChI is InChI=1S/C7H12N2O5S2.2K.2H/c8-3(1-15)5(10)13-7(12)14-6(11)4(9)2-16;;;;/h3-4,15-16H,1-2,8-9H2;;;;/t3-,4-;;;;/m0..../s1. The topological polar surface area (TPSA) is 122 Å². The Hall–Kier alpha value is 2.50. The molecule has 0 saturated heterocycles. The third kappa shape index (κ3) is 11.2. The van der Waals surface area contributed by atoms with Crippen molar-refractivity contribution in [2.24, 2.45) is 11.5 Å². The fourth-order valence-electron chi connectivity index (χ4n) is 0.486. The summed E-state index contributed by atoms with van der Waals surface area (Å²) in [6.07, 6.45) is -1.47. The molecule has 0 fully saturated rings. The summed E-state index contributed by atoms with van der Waals surface area (Å²) in [6, 6.07) is -2.13. The van der Waals surface area contributed by atoms with E-state index in [1.165, 1.54) is 0 Å². The molecule has 0 heterocycles. The second-order valence-corrected chi connectivity index (χ2v) is 3.40. The Bertz CT molecular complexity index is 269. The fourth-order valence-corrected chi connectivity index (χ4v) is 0.784. The molecule has 0 bridgehead atoms. The van der Waals surface area contributed by atoms with Gasteiger partial charge in [0.1, 0.15) is 12.1 Å². The van der Waals surface area contributed by atoms with Gasteiger partial charge in [-0.05, 0) is 0 Å². The van der Waals surface area contributed by atoms with Crippen LogP contribution in [-0.4, -0.2) is 144 Å². The van der Waals surface area contributed by atoms with E-state index in [9.17, 15) is 14.4 Å². The maximum absolute atomic E-state index is 11.0. The van der Waals surface area contributed by atoms with Crippen molar-refractivity contribution >= 4 is 146 Å². The van der Waals surface area contributed by atoms with Crippen LogP contribution >= 0.6 is 25.3 Å². The molecule has 0 radical (unpaired) electrons. The van der Waals surface area contributed by atoms with E-state index in [2.05, 4.69) is 34.7 Å². The molecular formula is C7H14K2N2O5S2. The monoisotopic (exact) mass is 348 g/mol. The zero-order valence-electron chi connectivity index (χ0n) is 8.16. The van der Waals surface area contributed by atoms with E-state index < -0.39 is 30.2 Å². The molecule has 0 aliphatic heterocycles. The molecule has 0 aromatic heterocycles. The molecule has 0 spiro atoms. The molecule has 0 amide bonds. The van der Waals surface area contributed by atoms with Gasteiger partial charge in [-0.3, -0.25) is 0 Å². The van der Waals surface area contributed by atoms with Crippen molar-refractivity contribution < 1.29 is 23.9 Å². The van der Waals surface area contributed by atoms with Gasteiger partial charge in [0, 0.05) is 11.5 Å². The molecule has 0 aromatic carbocycles. The van der Waals surface area contributed by atoms with Crippen LogP contribution in [0.4, 0.5) is 4.79 Å². The zero-order chi connectivity index (χ0) is 12.7. The van der Waals surface area contributed by atoms with Crippen LogP contribution in [0.25, 0.3) is 0 Å². The van der Waals surface area contributed by atoms with Crippen molar-refractivity contribution in [3.8, 4) is 0 Å². The third-order valence-corrected chi connectivity index (χ3v) is 2.15. The van der Waals surface area contributed by atoms with Gasteiger partial charge in [-0.25, -0.2) is 14.4 Å². The number of hydrogen-bond donors (Lipinski definition) is 4. The maximum atomic E-state index is 11.0. The van der Waals surface area contributed by atoms with Gasteiger partial charge in [-0.2, -0.15) is 25.3 Å². The number of thiol groups is 2. The van der Waals surface area contributed by atoms with Gasteiger partial charge in [-0.1, -0.05) is 0 Å². The number of rotatable bonds is 4. The Balaban J connectivity index is -0.00000112. The van der Waals surface area contributed by atoms with Gasteiger partial charge >= 0.3 is 121 Å². The number of carbonyl (C=O) groups is 3. The van der Waals surface area contributed by atoms with Gasteiger partial charge in [0.2, 0.25) is 0 Å². The molecule has 0 unspecified atom stereocenters. The summed E-state index contributed by atoms with van der Waals surface area (Å²) in [5.41, 5.74) is 10.4. The summed E-state index contributed by atoms with van der Waals surface area (Å²) in [7, 11) is 0. The van der Waals surface area contributed by atoms with Crippen molar-refractivity contribution in [2.45, 2.75) is 12.1 Å². The van der Waals surface area contributed by atoms with Gasteiger partial charge < -0.3 is 20.9 Å². The first-order valence-electron chi connectivity index (χ1n) is 4.12. The zero-order valence-corrected chi connectivity index (χ0v) is 9.95. The first-order chi connectivity index (χ1) is 7.42. The van der Waals surface area contributed by atoms with E-state index >= 15 is 0 Å². The average Bonchev–Trinajstić information content (AvgIpc) is 2.26. The van der Waals surface area contributed by atoms with Gasteiger partial charge in [0.25, 0.3) is 0 Å². The van der Waals surface area contributed by atoms with E-state index in [0.29, 0.717) is 0 Å². The first-order valence-corrected chi connectivity index (χ1v) is 5.39. The molecule has 0 aromatic rings. The van der Waals surface area contributed by atoms with Gasteiger partial charge in [0.05, 0.1) is 0 Å². The summed E-state index contributed by atoms with van der Waals surface area (Å²) >= 11 is 7.44. The van der Waals surface area contributed by atoms with E-state index in [-0.39, 0.29) is 114 Å². The van der Waals surface area contributed by atoms with E-state index in [4.69, 9.17) is 11.5 Å². The summed E-state index contributed by atoms with van der Waals surface area (Å²) in [5.74, 6) is -2.08. The van der Waals surface area contributed by atoms with Gasteiger partial charge in [0.15, 0.2) is 0 Å². The average molecular weight is 349 g/mol. The summed E-state index contributed by atoms with van der Waals surface area (Å²) in [6.45, 7) is 0. The Labute approximate surface area is 200 Å². The third-order valence-electron chi connectivity index (χ3n) is 1.37. The number of nitrogens with two attached hydrogens (primary N) is 2. The van der Waals surface area contributed by atoms with Crippen molar-refractivity contribution in [2.75, 3.05) is 11.5 Å². The molecule has 18 heavy (non-hydrogen) atoms. The van der Waals surface area contributed by atoms with Crippen molar-refractivity contribution in [1.82, 2.24) is 0 Å². The van der Waals surface area contributed by atoms with Crippen LogP contribution in [0.1, 0.15) is 0 Å². The van der Waals surface area contributed by atoms with Crippen LogP contribution in [-0.2, 0) is 19.1 Å². The van der Waals surface area contributed by atoms with Gasteiger partial charge in [-0.15, -0.1) is 0 Å². The Morgan fingerprint density at radius 1 is 0.889 bits per heavy atom. The van der Waals surface area contributed by atoms with Crippen LogP contribution in [0, 0.1) is 0 Å². The molecule has 2 atom stereocenters. The summed E-state index contributed by atoms with van der Waals surface area (Å²) in [5, 5.41) is 0. The molecule has 0 rings (SSSR count). The first kappa shape index (κ1) is 25.5. The SMILES string of the molecule is N[C@@H](CS)C(=O)OC(=O)OC(=O)[C@@H](N)CS.[KH].[KH]. The predicted octanol–water partition coefficient (Wildman–Crippen LogP) is -2.59. The molecular weight excluding hydrogens is 334 g/mol. The predicted molar refractivity (Wildman–Crippen MR) is 75.5 cm³/mol. The van der Waals surface area contributed by atoms with Crippen LogP contribution in [0.2, 0.25) is 0 Å². The molecule has 7 nitrogen and oxygen atoms in total. The molecule has 11 heteroatoms. The molecule has 4 N–H and O–H groups in total. The number of esters is 2. The van der Waals surface area contributed by atoms with E-state index in [1.807, 2.05) is 0 Å². The minimum atomic E-state index is -1.47. The van der Waals surface area contributed by atoms with Crippen LogP contribution < -0.4 is 11.5 Å². The van der Waals surface area contributed by atoms with E-state index in [0.717, 1.165) is 0 Å². The van der Waals surface area contributed by atoms with Crippen LogP contribution in [0.3, 0.4) is 0 Å². The second-order valence-electron chi connectivity index (χ2n) is 2.67. The number of ether oxygens (including phenoxy) is 2. The Morgan fingerprint density at radius 3 is 1.39 bits per heavy atom. The van der Waals surface area contributed by atoms with Crippen LogP contribution in [0.5, 0.6) is 0 Å².